The number of nitrogens with one attached hydrogen (secondary N) is 2. The van der Waals surface area contributed by atoms with Crippen LogP contribution in [0.15, 0.2) is 18.2 Å². The number of halogens is 1. The Morgan fingerprint density at radius 1 is 1.50 bits per heavy atom. The van der Waals surface area contributed by atoms with E-state index in [0.717, 1.165) is 16.6 Å². The summed E-state index contributed by atoms with van der Waals surface area (Å²) in [5.41, 5.74) is 2.01. The summed E-state index contributed by atoms with van der Waals surface area (Å²) in [6, 6.07) is 6.00. The molecule has 1 aromatic carbocycles. The van der Waals surface area contributed by atoms with E-state index in [1.165, 1.54) is 0 Å². The van der Waals surface area contributed by atoms with Crippen LogP contribution in [0.25, 0.3) is 10.9 Å². The molecular formula is C10H12ClN3. The minimum atomic E-state index is 0.265. The number of hydrogen-bond donors (Lipinski definition) is 2. The molecule has 2 rings (SSSR count). The van der Waals surface area contributed by atoms with Gasteiger partial charge in [-0.15, -0.1) is 0 Å². The fraction of sp³-hybridized carbons (Fsp3) is 0.300. The van der Waals surface area contributed by atoms with E-state index < -0.39 is 0 Å². The van der Waals surface area contributed by atoms with Crippen LogP contribution >= 0.6 is 11.6 Å². The first-order valence-corrected chi connectivity index (χ1v) is 4.91. The highest BCUT2D eigenvalue weighted by molar-refractivity contribution is 6.31. The van der Waals surface area contributed by atoms with Gasteiger partial charge in [0.25, 0.3) is 0 Å². The van der Waals surface area contributed by atoms with Crippen molar-refractivity contribution in [2.24, 2.45) is 0 Å². The van der Waals surface area contributed by atoms with Gasteiger partial charge in [0, 0.05) is 16.5 Å². The molecule has 3 nitrogen and oxygen atoms in total. The SMILES string of the molecule is CNC(C)c1[nH]nc2cc(Cl)ccc12. The lowest BCUT2D eigenvalue weighted by atomic mass is 10.1. The van der Waals surface area contributed by atoms with Gasteiger partial charge >= 0.3 is 0 Å². The summed E-state index contributed by atoms with van der Waals surface area (Å²) in [5, 5.41) is 12.2. The van der Waals surface area contributed by atoms with Crippen LogP contribution in [-0.2, 0) is 0 Å². The number of rotatable bonds is 2. The third kappa shape index (κ3) is 1.49. The lowest BCUT2D eigenvalue weighted by Gasteiger charge is -2.07. The molecule has 0 saturated carbocycles. The van der Waals surface area contributed by atoms with Crippen molar-refractivity contribution in [1.82, 2.24) is 15.5 Å². The molecule has 0 bridgehead atoms. The summed E-state index contributed by atoms with van der Waals surface area (Å²) in [6.07, 6.45) is 0. The van der Waals surface area contributed by atoms with Crippen LogP contribution in [0.4, 0.5) is 0 Å². The van der Waals surface area contributed by atoms with Crippen molar-refractivity contribution in [2.45, 2.75) is 13.0 Å². The number of benzene rings is 1. The van der Waals surface area contributed by atoms with Crippen molar-refractivity contribution in [3.63, 3.8) is 0 Å². The molecule has 74 valence electrons. The van der Waals surface area contributed by atoms with Crippen molar-refractivity contribution in [2.75, 3.05) is 7.05 Å². The van der Waals surface area contributed by atoms with Gasteiger partial charge in [-0.3, -0.25) is 5.10 Å². The molecule has 0 amide bonds. The molecule has 4 heteroatoms. The highest BCUT2D eigenvalue weighted by Gasteiger charge is 2.10. The number of aromatic amines is 1. The standard InChI is InChI=1S/C10H12ClN3/c1-6(12-2)10-8-4-3-7(11)5-9(8)13-14-10/h3-6,12H,1-2H3,(H,13,14). The summed E-state index contributed by atoms with van der Waals surface area (Å²) in [5.74, 6) is 0. The van der Waals surface area contributed by atoms with Crippen molar-refractivity contribution < 1.29 is 0 Å². The molecule has 0 aliphatic carbocycles. The molecule has 1 atom stereocenters. The third-order valence-corrected chi connectivity index (χ3v) is 2.65. The molecule has 1 heterocycles. The van der Waals surface area contributed by atoms with Crippen LogP contribution in [0, 0.1) is 0 Å². The second kappa shape index (κ2) is 3.59. The maximum absolute atomic E-state index is 5.87. The van der Waals surface area contributed by atoms with Crippen LogP contribution in [0.5, 0.6) is 0 Å². The van der Waals surface area contributed by atoms with Crippen molar-refractivity contribution >= 4 is 22.5 Å². The number of nitrogens with zero attached hydrogens (tertiary/aromatic N) is 1. The van der Waals surface area contributed by atoms with Gasteiger partial charge in [-0.2, -0.15) is 5.10 Å². The van der Waals surface area contributed by atoms with E-state index in [0.29, 0.717) is 5.02 Å². The summed E-state index contributed by atoms with van der Waals surface area (Å²) < 4.78 is 0. The van der Waals surface area contributed by atoms with E-state index >= 15 is 0 Å². The second-order valence-corrected chi connectivity index (χ2v) is 3.75. The van der Waals surface area contributed by atoms with Gasteiger partial charge in [-0.1, -0.05) is 11.6 Å². The number of aromatic nitrogens is 2. The van der Waals surface area contributed by atoms with Gasteiger partial charge in [0.2, 0.25) is 0 Å². The number of hydrogen-bond acceptors (Lipinski definition) is 2. The topological polar surface area (TPSA) is 40.7 Å². The molecule has 14 heavy (non-hydrogen) atoms. The quantitative estimate of drug-likeness (QED) is 0.798. The predicted octanol–water partition coefficient (Wildman–Crippen LogP) is 2.50. The zero-order chi connectivity index (χ0) is 10.1. The lowest BCUT2D eigenvalue weighted by molar-refractivity contribution is 0.634. The van der Waals surface area contributed by atoms with Crippen LogP contribution in [0.2, 0.25) is 5.02 Å². The van der Waals surface area contributed by atoms with Crippen LogP contribution in [-0.4, -0.2) is 17.2 Å². The van der Waals surface area contributed by atoms with Crippen molar-refractivity contribution in [3.8, 4) is 0 Å². The molecule has 0 aliphatic heterocycles. The Morgan fingerprint density at radius 3 is 3.00 bits per heavy atom. The summed E-state index contributed by atoms with van der Waals surface area (Å²) in [6.45, 7) is 2.08. The van der Waals surface area contributed by atoms with E-state index in [2.05, 4.69) is 22.4 Å². The average molecular weight is 210 g/mol. The van der Waals surface area contributed by atoms with Crippen LogP contribution in [0.1, 0.15) is 18.7 Å². The molecule has 0 spiro atoms. The zero-order valence-corrected chi connectivity index (χ0v) is 8.89. The van der Waals surface area contributed by atoms with Crippen LogP contribution in [0.3, 0.4) is 0 Å². The first-order chi connectivity index (χ1) is 6.72. The van der Waals surface area contributed by atoms with Crippen molar-refractivity contribution in [1.29, 1.82) is 0 Å². The monoisotopic (exact) mass is 209 g/mol. The first kappa shape index (κ1) is 9.49. The average Bonchev–Trinajstić information content (AvgIpc) is 2.59. The Bertz CT molecular complexity index is 450. The molecule has 2 aromatic rings. The maximum Gasteiger partial charge on any atom is 0.0939 e. The molecular weight excluding hydrogens is 198 g/mol. The van der Waals surface area contributed by atoms with Gasteiger partial charge in [-0.25, -0.2) is 0 Å². The fourth-order valence-corrected chi connectivity index (χ4v) is 1.65. The Morgan fingerprint density at radius 2 is 2.29 bits per heavy atom. The first-order valence-electron chi connectivity index (χ1n) is 4.53. The Hall–Kier alpha value is -1.06. The minimum absolute atomic E-state index is 0.265. The normalized spacial score (nSPS) is 13.4. The molecule has 0 fully saturated rings. The maximum atomic E-state index is 5.87. The summed E-state index contributed by atoms with van der Waals surface area (Å²) in [4.78, 5) is 0. The van der Waals surface area contributed by atoms with Gasteiger partial charge in [0.05, 0.1) is 11.2 Å². The van der Waals surface area contributed by atoms with Gasteiger partial charge in [0.15, 0.2) is 0 Å². The molecule has 1 aromatic heterocycles. The Labute approximate surface area is 87.5 Å². The largest absolute Gasteiger partial charge is 0.312 e. The van der Waals surface area contributed by atoms with Gasteiger partial charge in [0.1, 0.15) is 0 Å². The molecule has 0 aliphatic rings. The smallest absolute Gasteiger partial charge is 0.0939 e. The van der Waals surface area contributed by atoms with Crippen LogP contribution < -0.4 is 5.32 Å². The van der Waals surface area contributed by atoms with E-state index in [-0.39, 0.29) is 6.04 Å². The number of fused-ring (bicyclic) bond motifs is 1. The Balaban J connectivity index is 2.58. The molecule has 0 radical (unpaired) electrons. The lowest BCUT2D eigenvalue weighted by Crippen LogP contribution is -2.12. The van der Waals surface area contributed by atoms with E-state index in [4.69, 9.17) is 11.6 Å². The summed E-state index contributed by atoms with van der Waals surface area (Å²) in [7, 11) is 1.92. The fourth-order valence-electron chi connectivity index (χ4n) is 1.48. The van der Waals surface area contributed by atoms with Crippen molar-refractivity contribution in [3.05, 3.63) is 28.9 Å². The minimum Gasteiger partial charge on any atom is -0.312 e. The highest BCUT2D eigenvalue weighted by atomic mass is 35.5. The molecule has 1 unspecified atom stereocenters. The van der Waals surface area contributed by atoms with E-state index in [1.54, 1.807) is 0 Å². The molecule has 2 N–H and O–H groups in total. The highest BCUT2D eigenvalue weighted by Crippen LogP contribution is 2.23. The predicted molar refractivity (Wildman–Crippen MR) is 58.6 cm³/mol. The van der Waals surface area contributed by atoms with Gasteiger partial charge in [-0.05, 0) is 32.2 Å². The van der Waals surface area contributed by atoms with E-state index in [9.17, 15) is 0 Å². The zero-order valence-electron chi connectivity index (χ0n) is 8.13. The van der Waals surface area contributed by atoms with E-state index in [1.807, 2.05) is 25.2 Å². The second-order valence-electron chi connectivity index (χ2n) is 3.31. The third-order valence-electron chi connectivity index (χ3n) is 2.41. The Kier molecular flexibility index (Phi) is 2.44. The summed E-state index contributed by atoms with van der Waals surface area (Å²) >= 11 is 5.87. The molecule has 0 saturated heterocycles. The van der Waals surface area contributed by atoms with Gasteiger partial charge < -0.3 is 5.32 Å². The number of H-pyrrole nitrogens is 1.